The van der Waals surface area contributed by atoms with Crippen LogP contribution in [0.5, 0.6) is 5.88 Å². The second-order valence-electron chi connectivity index (χ2n) is 4.16. The first kappa shape index (κ1) is 13.5. The summed E-state index contributed by atoms with van der Waals surface area (Å²) in [4.78, 5) is 32.7. The van der Waals surface area contributed by atoms with Crippen LogP contribution in [0.3, 0.4) is 0 Å². The number of aromatic amines is 2. The average molecular weight is 268 g/mol. The number of nitrogens with zero attached hydrogens (tertiary/aromatic N) is 2. The highest BCUT2D eigenvalue weighted by atomic mass is 16.5. The van der Waals surface area contributed by atoms with Gasteiger partial charge in [-0.05, 0) is 0 Å². The lowest BCUT2D eigenvalue weighted by atomic mass is 10.3. The summed E-state index contributed by atoms with van der Waals surface area (Å²) >= 11 is 0. The monoisotopic (exact) mass is 268 g/mol. The van der Waals surface area contributed by atoms with Crippen LogP contribution in [0.2, 0.25) is 0 Å². The molecule has 3 N–H and O–H groups in total. The number of aromatic nitrogens is 2. The van der Waals surface area contributed by atoms with E-state index in [9.17, 15) is 14.7 Å². The Hall–Kier alpha value is -1.93. The second kappa shape index (κ2) is 6.30. The molecule has 0 unspecified atom stereocenters. The van der Waals surface area contributed by atoms with E-state index in [1.54, 1.807) is 0 Å². The zero-order valence-electron chi connectivity index (χ0n) is 10.4. The van der Waals surface area contributed by atoms with Gasteiger partial charge in [0.1, 0.15) is 5.56 Å². The molecule has 0 saturated carbocycles. The lowest BCUT2D eigenvalue weighted by molar-refractivity contribution is 0.0395. The molecule has 0 amide bonds. The van der Waals surface area contributed by atoms with E-state index >= 15 is 0 Å². The van der Waals surface area contributed by atoms with Crippen molar-refractivity contribution in [2.75, 3.05) is 39.4 Å². The number of aliphatic imine (C=N–C) groups is 1. The Bertz CT molecular complexity index is 557. The van der Waals surface area contributed by atoms with Gasteiger partial charge in [-0.1, -0.05) is 0 Å². The van der Waals surface area contributed by atoms with Crippen molar-refractivity contribution in [3.8, 4) is 5.88 Å². The number of H-pyrrole nitrogens is 2. The molecule has 1 aliphatic heterocycles. The smallest absolute Gasteiger partial charge is 0.328 e. The van der Waals surface area contributed by atoms with E-state index in [2.05, 4.69) is 14.9 Å². The minimum atomic E-state index is -0.743. The highest BCUT2D eigenvalue weighted by Gasteiger charge is 2.09. The van der Waals surface area contributed by atoms with E-state index in [0.29, 0.717) is 6.54 Å². The predicted octanol–water partition coefficient (Wildman–Crippen LogP) is -1.48. The highest BCUT2D eigenvalue weighted by molar-refractivity contribution is 5.81. The van der Waals surface area contributed by atoms with Crippen LogP contribution in [-0.4, -0.2) is 65.6 Å². The zero-order chi connectivity index (χ0) is 13.7. The Labute approximate surface area is 108 Å². The molecule has 8 heteroatoms. The number of nitrogens with one attached hydrogen (secondary N) is 2. The Morgan fingerprint density at radius 1 is 1.32 bits per heavy atom. The molecule has 0 aliphatic carbocycles. The van der Waals surface area contributed by atoms with E-state index in [4.69, 9.17) is 4.74 Å². The molecule has 0 radical (unpaired) electrons. The van der Waals surface area contributed by atoms with Gasteiger partial charge >= 0.3 is 5.69 Å². The summed E-state index contributed by atoms with van der Waals surface area (Å²) in [6.07, 6.45) is 1.27. The van der Waals surface area contributed by atoms with Gasteiger partial charge in [0, 0.05) is 25.8 Å². The normalized spacial score (nSPS) is 17.1. The molecule has 0 aromatic carbocycles. The summed E-state index contributed by atoms with van der Waals surface area (Å²) in [5.74, 6) is -0.469. The third-order valence-corrected chi connectivity index (χ3v) is 2.83. The first-order valence-electron chi connectivity index (χ1n) is 6.02. The van der Waals surface area contributed by atoms with Crippen molar-refractivity contribution in [2.45, 2.75) is 0 Å². The third-order valence-electron chi connectivity index (χ3n) is 2.83. The summed E-state index contributed by atoms with van der Waals surface area (Å²) in [5.41, 5.74) is -1.44. The molecule has 2 rings (SSSR count). The maximum Gasteiger partial charge on any atom is 0.328 e. The van der Waals surface area contributed by atoms with Crippen LogP contribution in [0.15, 0.2) is 14.6 Å². The Balaban J connectivity index is 1.92. The summed E-state index contributed by atoms with van der Waals surface area (Å²) in [6, 6.07) is 0. The Morgan fingerprint density at radius 2 is 2.05 bits per heavy atom. The third kappa shape index (κ3) is 3.76. The molecule has 19 heavy (non-hydrogen) atoms. The molecule has 0 atom stereocenters. The molecule has 0 bridgehead atoms. The largest absolute Gasteiger partial charge is 0.494 e. The number of aromatic hydroxyl groups is 1. The molecule has 1 aromatic heterocycles. The molecular formula is C11H16N4O4. The van der Waals surface area contributed by atoms with E-state index < -0.39 is 17.1 Å². The van der Waals surface area contributed by atoms with Gasteiger partial charge in [-0.25, -0.2) is 4.79 Å². The molecule has 0 spiro atoms. The molecule has 1 aliphatic rings. The van der Waals surface area contributed by atoms with Crippen LogP contribution >= 0.6 is 0 Å². The van der Waals surface area contributed by atoms with Crippen LogP contribution in [0, 0.1) is 0 Å². The number of hydrogen-bond acceptors (Lipinski definition) is 6. The van der Waals surface area contributed by atoms with Crippen LogP contribution in [0.4, 0.5) is 0 Å². The van der Waals surface area contributed by atoms with Gasteiger partial charge in [0.15, 0.2) is 0 Å². The van der Waals surface area contributed by atoms with Gasteiger partial charge in [0.2, 0.25) is 5.88 Å². The van der Waals surface area contributed by atoms with Crippen LogP contribution in [-0.2, 0) is 4.74 Å². The van der Waals surface area contributed by atoms with Gasteiger partial charge in [0.25, 0.3) is 5.56 Å². The van der Waals surface area contributed by atoms with Gasteiger partial charge in [-0.15, -0.1) is 0 Å². The summed E-state index contributed by atoms with van der Waals surface area (Å²) in [6.45, 7) is 4.48. The topological polar surface area (TPSA) is 111 Å². The number of hydrogen-bond donors (Lipinski definition) is 3. The maximum atomic E-state index is 11.4. The van der Waals surface area contributed by atoms with Crippen molar-refractivity contribution in [1.29, 1.82) is 0 Å². The number of morpholine rings is 1. The number of ether oxygens (including phenoxy) is 1. The fourth-order valence-corrected chi connectivity index (χ4v) is 1.78. The molecule has 8 nitrogen and oxygen atoms in total. The van der Waals surface area contributed by atoms with Crippen molar-refractivity contribution in [2.24, 2.45) is 4.99 Å². The summed E-state index contributed by atoms with van der Waals surface area (Å²) < 4.78 is 5.23. The Kier molecular flexibility index (Phi) is 4.48. The molecule has 104 valence electrons. The highest BCUT2D eigenvalue weighted by Crippen LogP contribution is 2.01. The quantitative estimate of drug-likeness (QED) is 0.577. The van der Waals surface area contributed by atoms with Crippen molar-refractivity contribution in [3.63, 3.8) is 0 Å². The predicted molar refractivity (Wildman–Crippen MR) is 69.1 cm³/mol. The maximum absolute atomic E-state index is 11.4. The minimum absolute atomic E-state index is 0.0402. The van der Waals surface area contributed by atoms with E-state index in [1.807, 2.05) is 4.98 Å². The lowest BCUT2D eigenvalue weighted by Gasteiger charge is -2.25. The van der Waals surface area contributed by atoms with E-state index in [0.717, 1.165) is 32.8 Å². The second-order valence-corrected chi connectivity index (χ2v) is 4.16. The lowest BCUT2D eigenvalue weighted by Crippen LogP contribution is -2.37. The molecular weight excluding hydrogens is 252 g/mol. The van der Waals surface area contributed by atoms with Crippen LogP contribution < -0.4 is 11.2 Å². The average Bonchev–Trinajstić information content (AvgIpc) is 2.38. The van der Waals surface area contributed by atoms with E-state index in [-0.39, 0.29) is 5.56 Å². The van der Waals surface area contributed by atoms with Crippen LogP contribution in [0.25, 0.3) is 0 Å². The molecule has 2 heterocycles. The van der Waals surface area contributed by atoms with Crippen molar-refractivity contribution < 1.29 is 9.84 Å². The van der Waals surface area contributed by atoms with Crippen molar-refractivity contribution in [3.05, 3.63) is 26.4 Å². The van der Waals surface area contributed by atoms with Crippen LogP contribution in [0.1, 0.15) is 5.56 Å². The van der Waals surface area contributed by atoms with E-state index in [1.165, 1.54) is 6.21 Å². The number of rotatable bonds is 4. The first-order chi connectivity index (χ1) is 9.16. The molecule has 1 aromatic rings. The fraction of sp³-hybridized carbons (Fsp3) is 0.545. The van der Waals surface area contributed by atoms with Crippen molar-refractivity contribution in [1.82, 2.24) is 14.9 Å². The molecule has 1 saturated heterocycles. The minimum Gasteiger partial charge on any atom is -0.494 e. The standard InChI is InChI=1S/C11H16N4O4/c16-9-8(10(17)14-11(18)13-9)7-12-1-2-15-3-5-19-6-4-15/h7H,1-6H2,(H3,13,14,16,17,18). The van der Waals surface area contributed by atoms with Gasteiger partial charge in [-0.2, -0.15) is 0 Å². The SMILES string of the molecule is O=c1[nH]c(O)c(C=NCCN2CCOCC2)c(=O)[nH]1. The van der Waals surface area contributed by atoms with Crippen molar-refractivity contribution >= 4 is 6.21 Å². The van der Waals surface area contributed by atoms with Gasteiger partial charge in [-0.3, -0.25) is 24.7 Å². The van der Waals surface area contributed by atoms with Gasteiger partial charge in [0.05, 0.1) is 19.8 Å². The zero-order valence-corrected chi connectivity index (χ0v) is 10.4. The van der Waals surface area contributed by atoms with Gasteiger partial charge < -0.3 is 9.84 Å². The molecule has 1 fully saturated rings. The fourth-order valence-electron chi connectivity index (χ4n) is 1.78. The first-order valence-corrected chi connectivity index (χ1v) is 6.02. The Morgan fingerprint density at radius 3 is 2.74 bits per heavy atom. The summed E-state index contributed by atoms with van der Waals surface area (Å²) in [7, 11) is 0. The summed E-state index contributed by atoms with van der Waals surface area (Å²) in [5, 5.41) is 9.43.